The Morgan fingerprint density at radius 1 is 0.538 bits per heavy atom. The van der Waals surface area contributed by atoms with Gasteiger partial charge in [-0.1, -0.05) is 112 Å². The largest absolute Gasteiger partial charge is 0.163 e. The van der Waals surface area contributed by atoms with Crippen LogP contribution in [0.15, 0.2) is 145 Å². The molecule has 0 amide bonds. The lowest BCUT2D eigenvalue weighted by Crippen LogP contribution is -2.05. The average Bonchev–Trinajstić information content (AvgIpc) is 2.65. The smallest absolute Gasteiger partial charge is 0.00214 e. The lowest BCUT2D eigenvalue weighted by atomic mass is 10.4. The van der Waals surface area contributed by atoms with Crippen LogP contribution in [-0.4, -0.2) is 6.26 Å². The molecule has 0 saturated carbocycles. The lowest BCUT2D eigenvalue weighted by molar-refractivity contribution is 1.73. The zero-order chi connectivity index (χ0) is 19.8. The van der Waals surface area contributed by atoms with Crippen LogP contribution in [-0.2, 0) is 0 Å². The van der Waals surface area contributed by atoms with E-state index in [2.05, 4.69) is 64.0 Å². The van der Waals surface area contributed by atoms with Crippen molar-refractivity contribution in [2.45, 2.75) is 0 Å². The molecule has 26 heavy (non-hydrogen) atoms. The van der Waals surface area contributed by atoms with Gasteiger partial charge in [0.2, 0.25) is 0 Å². The molecule has 0 aliphatic heterocycles. The molecule has 0 aromatic rings. The molecule has 0 fully saturated rings. The van der Waals surface area contributed by atoms with Crippen molar-refractivity contribution in [1.29, 1.82) is 0 Å². The lowest BCUT2D eigenvalue weighted by Gasteiger charge is -2.40. The maximum absolute atomic E-state index is 4.05. The van der Waals surface area contributed by atoms with Gasteiger partial charge in [-0.25, -0.2) is 0 Å². The Morgan fingerprint density at radius 2 is 1.00 bits per heavy atom. The highest BCUT2D eigenvalue weighted by Gasteiger charge is 2.27. The SMILES string of the molecule is C=C/C=C\C=C(/C=C)S(C)(C(/C=C\C=C)=C/C=C)C(/C=C\C=C)=C/C=C. The quantitative estimate of drug-likeness (QED) is 0.310. The summed E-state index contributed by atoms with van der Waals surface area (Å²) in [7, 11) is -1.59. The highest BCUT2D eigenvalue weighted by Crippen LogP contribution is 2.66. The van der Waals surface area contributed by atoms with Gasteiger partial charge < -0.3 is 0 Å². The Morgan fingerprint density at radius 3 is 1.35 bits per heavy atom. The first kappa shape index (κ1) is 23.2. The van der Waals surface area contributed by atoms with Gasteiger partial charge in [0, 0.05) is 0 Å². The van der Waals surface area contributed by atoms with E-state index in [-0.39, 0.29) is 0 Å². The van der Waals surface area contributed by atoms with Gasteiger partial charge in [0.1, 0.15) is 0 Å². The van der Waals surface area contributed by atoms with Crippen LogP contribution in [0.2, 0.25) is 0 Å². The van der Waals surface area contributed by atoms with E-state index in [0.29, 0.717) is 0 Å². The molecule has 0 rings (SSSR count). The van der Waals surface area contributed by atoms with Gasteiger partial charge >= 0.3 is 0 Å². The molecule has 0 nitrogen and oxygen atoms in total. The predicted molar refractivity (Wildman–Crippen MR) is 126 cm³/mol. The highest BCUT2D eigenvalue weighted by molar-refractivity contribution is 8.42. The van der Waals surface area contributed by atoms with Crippen LogP contribution >= 0.6 is 10.0 Å². The van der Waals surface area contributed by atoms with E-state index in [1.54, 1.807) is 30.4 Å². The van der Waals surface area contributed by atoms with E-state index in [4.69, 9.17) is 0 Å². The predicted octanol–water partition coefficient (Wildman–Crippen LogP) is 7.86. The monoisotopic (exact) mass is 362 g/mol. The van der Waals surface area contributed by atoms with Gasteiger partial charge in [-0.3, -0.25) is 0 Å². The van der Waals surface area contributed by atoms with Gasteiger partial charge in [-0.05, 0) is 39.2 Å². The number of allylic oxidation sites excluding steroid dienone is 15. The molecule has 0 saturated heterocycles. The second-order valence-corrected chi connectivity index (χ2v) is 8.36. The fourth-order valence-electron chi connectivity index (χ4n) is 2.22. The summed E-state index contributed by atoms with van der Waals surface area (Å²) in [4.78, 5) is 3.37. The standard InChI is InChI=1S/C25H30S/c1-8-14-17-22-23(13-6)26(7,24(18-11-4)20-15-9-2)25(19-12-5)21-16-10-3/h8-22H,1-6H2,7H3/b17-14-,20-15-,21-16-,23-22+,24-18+,25-19+. The van der Waals surface area contributed by atoms with E-state index in [9.17, 15) is 0 Å². The summed E-state index contributed by atoms with van der Waals surface area (Å²) in [5.74, 6) is 0. The molecule has 0 aromatic carbocycles. The summed E-state index contributed by atoms with van der Waals surface area (Å²) in [5.41, 5.74) is 0. The molecule has 0 unspecified atom stereocenters. The topological polar surface area (TPSA) is 0 Å². The maximum atomic E-state index is 4.05. The summed E-state index contributed by atoms with van der Waals surface area (Å²) in [6.45, 7) is 23.1. The fraction of sp³-hybridized carbons (Fsp3) is 0.0400. The van der Waals surface area contributed by atoms with Crippen molar-refractivity contribution < 1.29 is 0 Å². The van der Waals surface area contributed by atoms with Crippen LogP contribution < -0.4 is 0 Å². The maximum Gasteiger partial charge on any atom is -0.00214 e. The molecule has 0 atom stereocenters. The molecule has 0 aliphatic carbocycles. The van der Waals surface area contributed by atoms with Crippen LogP contribution in [0.5, 0.6) is 0 Å². The molecule has 0 aliphatic rings. The molecular weight excluding hydrogens is 332 g/mol. The molecule has 0 spiro atoms. The minimum atomic E-state index is -1.59. The number of hydrogen-bond acceptors (Lipinski definition) is 0. The summed E-state index contributed by atoms with van der Waals surface area (Å²) in [6.07, 6.45) is 31.0. The Balaban J connectivity index is 6.91. The molecule has 0 heterocycles. The summed E-state index contributed by atoms with van der Waals surface area (Å²) >= 11 is 0. The van der Waals surface area contributed by atoms with Crippen LogP contribution in [0, 0.1) is 0 Å². The first-order chi connectivity index (χ1) is 12.6. The minimum Gasteiger partial charge on any atom is -0.163 e. The zero-order valence-electron chi connectivity index (χ0n) is 15.8. The van der Waals surface area contributed by atoms with E-state index in [1.807, 2.05) is 42.5 Å². The number of rotatable bonds is 12. The van der Waals surface area contributed by atoms with E-state index in [1.165, 1.54) is 0 Å². The second kappa shape index (κ2) is 13.5. The Hall–Kier alpha value is -2.77. The zero-order valence-corrected chi connectivity index (χ0v) is 16.6. The van der Waals surface area contributed by atoms with Crippen LogP contribution in [0.25, 0.3) is 0 Å². The number of hydrogen-bond donors (Lipinski definition) is 0. The Kier molecular flexibility index (Phi) is 12.1. The molecule has 0 aromatic heterocycles. The van der Waals surface area contributed by atoms with Crippen LogP contribution in [0.3, 0.4) is 0 Å². The van der Waals surface area contributed by atoms with E-state index >= 15 is 0 Å². The molecular formula is C25H30S. The third kappa shape index (κ3) is 6.62. The van der Waals surface area contributed by atoms with E-state index < -0.39 is 10.0 Å². The van der Waals surface area contributed by atoms with Gasteiger partial charge in [-0.2, -0.15) is 10.0 Å². The highest BCUT2D eigenvalue weighted by atomic mass is 32.3. The first-order valence-corrected chi connectivity index (χ1v) is 10.2. The molecule has 0 radical (unpaired) electrons. The molecule has 1 heteroatoms. The molecule has 0 N–H and O–H groups in total. The average molecular weight is 363 g/mol. The molecule has 136 valence electrons. The van der Waals surface area contributed by atoms with Crippen molar-refractivity contribution >= 4 is 10.0 Å². The minimum absolute atomic E-state index is 1.11. The fourth-order valence-corrected chi connectivity index (χ4v) is 5.16. The Labute approximate surface area is 161 Å². The van der Waals surface area contributed by atoms with Crippen molar-refractivity contribution in [3.8, 4) is 0 Å². The molecule has 0 bridgehead atoms. The Bertz CT molecular complexity index is 675. The van der Waals surface area contributed by atoms with Crippen molar-refractivity contribution in [3.05, 3.63) is 145 Å². The van der Waals surface area contributed by atoms with Gasteiger partial charge in [-0.15, -0.1) is 0 Å². The van der Waals surface area contributed by atoms with Gasteiger partial charge in [0.15, 0.2) is 0 Å². The van der Waals surface area contributed by atoms with Crippen molar-refractivity contribution in [1.82, 2.24) is 0 Å². The first-order valence-electron chi connectivity index (χ1n) is 8.20. The second-order valence-electron chi connectivity index (χ2n) is 5.11. The van der Waals surface area contributed by atoms with Gasteiger partial charge in [0.05, 0.1) is 0 Å². The summed E-state index contributed by atoms with van der Waals surface area (Å²) in [5, 5.41) is 0. The third-order valence-corrected chi connectivity index (χ3v) is 7.16. The van der Waals surface area contributed by atoms with E-state index in [0.717, 1.165) is 14.7 Å². The van der Waals surface area contributed by atoms with Gasteiger partial charge in [0.25, 0.3) is 0 Å². The van der Waals surface area contributed by atoms with Crippen molar-refractivity contribution in [3.63, 3.8) is 0 Å². The van der Waals surface area contributed by atoms with Crippen molar-refractivity contribution in [2.24, 2.45) is 0 Å². The summed E-state index contributed by atoms with van der Waals surface area (Å²) < 4.78 is 0. The third-order valence-electron chi connectivity index (χ3n) is 3.48. The summed E-state index contributed by atoms with van der Waals surface area (Å²) in [6, 6.07) is 0. The van der Waals surface area contributed by atoms with Crippen LogP contribution in [0.4, 0.5) is 0 Å². The van der Waals surface area contributed by atoms with Crippen LogP contribution in [0.1, 0.15) is 0 Å². The van der Waals surface area contributed by atoms with Crippen molar-refractivity contribution in [2.75, 3.05) is 6.26 Å². The normalized spacial score (nSPS) is 14.6.